The molecule has 0 heterocycles. The van der Waals surface area contributed by atoms with E-state index < -0.39 is 6.10 Å². The van der Waals surface area contributed by atoms with Gasteiger partial charge in [0.15, 0.2) is 0 Å². The quantitative estimate of drug-likeness (QED) is 0.736. The standard InChI is InChI=1S/C10H14FNO/c1-7(12)10(13)6-8-4-2-3-5-9(8)11/h2-5,7,10,13H,6,12H2,1H3. The molecule has 0 aliphatic carbocycles. The number of nitrogens with two attached hydrogens (primary N) is 1. The van der Waals surface area contributed by atoms with Crippen LogP contribution in [0.25, 0.3) is 0 Å². The maximum Gasteiger partial charge on any atom is 0.126 e. The van der Waals surface area contributed by atoms with Crippen LogP contribution >= 0.6 is 0 Å². The first-order valence-corrected chi connectivity index (χ1v) is 4.28. The van der Waals surface area contributed by atoms with E-state index in [0.29, 0.717) is 5.56 Å². The Bertz CT molecular complexity index is 275. The lowest BCUT2D eigenvalue weighted by Crippen LogP contribution is -2.33. The van der Waals surface area contributed by atoms with Crippen LogP contribution in [-0.4, -0.2) is 17.3 Å². The van der Waals surface area contributed by atoms with Gasteiger partial charge in [0.2, 0.25) is 0 Å². The summed E-state index contributed by atoms with van der Waals surface area (Å²) >= 11 is 0. The first-order chi connectivity index (χ1) is 6.11. The molecule has 0 fully saturated rings. The van der Waals surface area contributed by atoms with Gasteiger partial charge in [-0.05, 0) is 18.6 Å². The Morgan fingerprint density at radius 2 is 2.08 bits per heavy atom. The zero-order valence-corrected chi connectivity index (χ0v) is 7.57. The van der Waals surface area contributed by atoms with E-state index in [-0.39, 0.29) is 18.3 Å². The minimum atomic E-state index is -0.683. The summed E-state index contributed by atoms with van der Waals surface area (Å²) in [6.07, 6.45) is -0.415. The monoisotopic (exact) mass is 183 g/mol. The van der Waals surface area contributed by atoms with Crippen molar-refractivity contribution in [3.63, 3.8) is 0 Å². The predicted octanol–water partition coefficient (Wildman–Crippen LogP) is 1.08. The molecule has 2 atom stereocenters. The van der Waals surface area contributed by atoms with Gasteiger partial charge in [0.25, 0.3) is 0 Å². The number of benzene rings is 1. The highest BCUT2D eigenvalue weighted by atomic mass is 19.1. The fourth-order valence-corrected chi connectivity index (χ4v) is 1.08. The average Bonchev–Trinajstić information content (AvgIpc) is 2.08. The molecule has 1 aromatic carbocycles. The Morgan fingerprint density at radius 1 is 1.46 bits per heavy atom. The lowest BCUT2D eigenvalue weighted by molar-refractivity contribution is 0.150. The van der Waals surface area contributed by atoms with E-state index >= 15 is 0 Å². The number of aliphatic hydroxyl groups is 1. The van der Waals surface area contributed by atoms with Crippen LogP contribution in [-0.2, 0) is 6.42 Å². The number of halogens is 1. The first kappa shape index (κ1) is 10.2. The number of hydrogen-bond acceptors (Lipinski definition) is 2. The molecule has 0 aliphatic rings. The fraction of sp³-hybridized carbons (Fsp3) is 0.400. The summed E-state index contributed by atoms with van der Waals surface area (Å²) in [5.74, 6) is -0.290. The summed E-state index contributed by atoms with van der Waals surface area (Å²) in [6, 6.07) is 6.06. The smallest absolute Gasteiger partial charge is 0.126 e. The molecule has 13 heavy (non-hydrogen) atoms. The largest absolute Gasteiger partial charge is 0.391 e. The molecule has 0 saturated heterocycles. The van der Waals surface area contributed by atoms with Gasteiger partial charge in [-0.2, -0.15) is 0 Å². The zero-order chi connectivity index (χ0) is 9.84. The highest BCUT2D eigenvalue weighted by Crippen LogP contribution is 2.09. The van der Waals surface area contributed by atoms with Crippen molar-refractivity contribution in [3.8, 4) is 0 Å². The van der Waals surface area contributed by atoms with Crippen LogP contribution in [0.5, 0.6) is 0 Å². The van der Waals surface area contributed by atoms with Gasteiger partial charge in [-0.3, -0.25) is 0 Å². The molecule has 0 spiro atoms. The Morgan fingerprint density at radius 3 is 2.62 bits per heavy atom. The molecule has 0 amide bonds. The van der Waals surface area contributed by atoms with E-state index in [9.17, 15) is 9.50 Å². The Hall–Kier alpha value is -0.930. The van der Waals surface area contributed by atoms with E-state index in [2.05, 4.69) is 0 Å². The van der Waals surface area contributed by atoms with Crippen LogP contribution < -0.4 is 5.73 Å². The molecule has 1 rings (SSSR count). The van der Waals surface area contributed by atoms with Crippen molar-refractivity contribution in [1.82, 2.24) is 0 Å². The normalized spacial score (nSPS) is 15.4. The van der Waals surface area contributed by atoms with Crippen molar-refractivity contribution in [2.45, 2.75) is 25.5 Å². The molecule has 0 saturated carbocycles. The molecule has 0 aromatic heterocycles. The van der Waals surface area contributed by atoms with Crippen molar-refractivity contribution < 1.29 is 9.50 Å². The predicted molar refractivity (Wildman–Crippen MR) is 49.8 cm³/mol. The second-order valence-corrected chi connectivity index (χ2v) is 3.22. The summed E-state index contributed by atoms with van der Waals surface area (Å²) in [5.41, 5.74) is 5.97. The molecule has 0 radical (unpaired) electrons. The second-order valence-electron chi connectivity index (χ2n) is 3.22. The minimum absolute atomic E-state index is 0.268. The van der Waals surface area contributed by atoms with Gasteiger partial charge in [-0.25, -0.2) is 4.39 Å². The lowest BCUT2D eigenvalue weighted by atomic mass is 10.0. The molecule has 1 aromatic rings. The van der Waals surface area contributed by atoms with Gasteiger partial charge in [0.1, 0.15) is 5.82 Å². The molecule has 3 N–H and O–H groups in total. The third-order valence-electron chi connectivity index (χ3n) is 1.99. The average molecular weight is 183 g/mol. The van der Waals surface area contributed by atoms with Crippen LogP contribution in [0, 0.1) is 5.82 Å². The second kappa shape index (κ2) is 4.35. The maximum absolute atomic E-state index is 13.1. The van der Waals surface area contributed by atoms with E-state index in [1.807, 2.05) is 0 Å². The van der Waals surface area contributed by atoms with Crippen LogP contribution in [0.15, 0.2) is 24.3 Å². The summed E-state index contributed by atoms with van der Waals surface area (Å²) < 4.78 is 13.1. The van der Waals surface area contributed by atoms with Gasteiger partial charge in [0.05, 0.1) is 6.10 Å². The van der Waals surface area contributed by atoms with Gasteiger partial charge in [-0.15, -0.1) is 0 Å². The van der Waals surface area contributed by atoms with Crippen molar-refractivity contribution in [2.75, 3.05) is 0 Å². The SMILES string of the molecule is CC(N)C(O)Cc1ccccc1F. The first-order valence-electron chi connectivity index (χ1n) is 4.28. The van der Waals surface area contributed by atoms with Gasteiger partial charge >= 0.3 is 0 Å². The van der Waals surface area contributed by atoms with Crippen molar-refractivity contribution >= 4 is 0 Å². The third kappa shape index (κ3) is 2.79. The maximum atomic E-state index is 13.1. The summed E-state index contributed by atoms with van der Waals surface area (Å²) in [4.78, 5) is 0. The van der Waals surface area contributed by atoms with E-state index in [1.165, 1.54) is 6.07 Å². The van der Waals surface area contributed by atoms with Gasteiger partial charge in [0, 0.05) is 12.5 Å². The topological polar surface area (TPSA) is 46.2 Å². The molecule has 3 heteroatoms. The van der Waals surface area contributed by atoms with Crippen LogP contribution in [0.3, 0.4) is 0 Å². The molecule has 0 bridgehead atoms. The zero-order valence-electron chi connectivity index (χ0n) is 7.57. The van der Waals surface area contributed by atoms with Crippen molar-refractivity contribution in [3.05, 3.63) is 35.6 Å². The number of aliphatic hydroxyl groups excluding tert-OH is 1. The Kier molecular flexibility index (Phi) is 3.39. The van der Waals surface area contributed by atoms with Gasteiger partial charge < -0.3 is 10.8 Å². The van der Waals surface area contributed by atoms with Gasteiger partial charge in [-0.1, -0.05) is 18.2 Å². The van der Waals surface area contributed by atoms with Crippen LogP contribution in [0.2, 0.25) is 0 Å². The number of hydrogen-bond donors (Lipinski definition) is 2. The van der Waals surface area contributed by atoms with E-state index in [1.54, 1.807) is 25.1 Å². The highest BCUT2D eigenvalue weighted by molar-refractivity contribution is 5.18. The van der Waals surface area contributed by atoms with E-state index in [0.717, 1.165) is 0 Å². The van der Waals surface area contributed by atoms with Crippen molar-refractivity contribution in [2.24, 2.45) is 5.73 Å². The molecule has 72 valence electrons. The van der Waals surface area contributed by atoms with Crippen molar-refractivity contribution in [1.29, 1.82) is 0 Å². The van der Waals surface area contributed by atoms with Crippen LogP contribution in [0.1, 0.15) is 12.5 Å². The Balaban J connectivity index is 2.69. The number of rotatable bonds is 3. The molecule has 2 nitrogen and oxygen atoms in total. The summed E-state index contributed by atoms with van der Waals surface area (Å²) in [5, 5.41) is 9.41. The highest BCUT2D eigenvalue weighted by Gasteiger charge is 2.12. The summed E-state index contributed by atoms with van der Waals surface area (Å²) in [6.45, 7) is 1.70. The minimum Gasteiger partial charge on any atom is -0.391 e. The molecular formula is C10H14FNO. The summed E-state index contributed by atoms with van der Waals surface area (Å²) in [7, 11) is 0. The lowest BCUT2D eigenvalue weighted by Gasteiger charge is -2.14. The fourth-order valence-electron chi connectivity index (χ4n) is 1.08. The third-order valence-corrected chi connectivity index (χ3v) is 1.99. The molecule has 0 aliphatic heterocycles. The Labute approximate surface area is 77.2 Å². The molecule has 2 unspecified atom stereocenters. The molecular weight excluding hydrogens is 169 g/mol. The van der Waals surface area contributed by atoms with Crippen LogP contribution in [0.4, 0.5) is 4.39 Å². The van der Waals surface area contributed by atoms with E-state index in [4.69, 9.17) is 5.73 Å².